The molecule has 1 aromatic carbocycles. The minimum Gasteiger partial charge on any atom is -0.492 e. The summed E-state index contributed by atoms with van der Waals surface area (Å²) in [6, 6.07) is 3.58. The van der Waals surface area contributed by atoms with E-state index in [2.05, 4.69) is 5.32 Å². The molecule has 1 atom stereocenters. The van der Waals surface area contributed by atoms with Gasteiger partial charge in [0, 0.05) is 0 Å². The normalized spacial score (nSPS) is 11.3. The Labute approximate surface area is 119 Å². The summed E-state index contributed by atoms with van der Waals surface area (Å²) in [4.78, 5) is 32.9. The lowest BCUT2D eigenvalue weighted by Gasteiger charge is -2.13. The molecule has 0 saturated heterocycles. The van der Waals surface area contributed by atoms with E-state index in [0.717, 1.165) is 0 Å². The number of halogens is 1. The summed E-state index contributed by atoms with van der Waals surface area (Å²) in [6.45, 7) is 0.0667. The standard InChI is InChI=1S/C12H14FN3O5/c13-7-1-3-8(4-2-7)21-6-5-15-11(18)9(10(14)17)16-12(19)20/h1-4,9,16H,5-6H2,(H2,14,17)(H,15,18)(H,19,20). The predicted octanol–water partition coefficient (Wildman–Crippen LogP) is -0.558. The van der Waals surface area contributed by atoms with Crippen LogP contribution in [0.5, 0.6) is 5.75 Å². The molecule has 1 aromatic rings. The number of amides is 3. The Hall–Kier alpha value is -2.84. The van der Waals surface area contributed by atoms with Gasteiger partial charge in [0.1, 0.15) is 18.2 Å². The second kappa shape index (κ2) is 7.68. The van der Waals surface area contributed by atoms with Gasteiger partial charge >= 0.3 is 6.09 Å². The van der Waals surface area contributed by atoms with Gasteiger partial charge in [0.05, 0.1) is 6.54 Å². The van der Waals surface area contributed by atoms with Gasteiger partial charge in [-0.25, -0.2) is 9.18 Å². The first kappa shape index (κ1) is 16.2. The summed E-state index contributed by atoms with van der Waals surface area (Å²) in [5.74, 6) is -2.00. The maximum absolute atomic E-state index is 12.6. The van der Waals surface area contributed by atoms with Crippen molar-refractivity contribution in [1.82, 2.24) is 10.6 Å². The molecular weight excluding hydrogens is 285 g/mol. The van der Waals surface area contributed by atoms with E-state index in [1.54, 1.807) is 5.32 Å². The molecule has 0 aromatic heterocycles. The average molecular weight is 299 g/mol. The third-order valence-electron chi connectivity index (χ3n) is 2.30. The summed E-state index contributed by atoms with van der Waals surface area (Å²) in [5, 5.41) is 12.4. The first-order valence-electron chi connectivity index (χ1n) is 5.85. The van der Waals surface area contributed by atoms with E-state index in [1.807, 2.05) is 0 Å². The van der Waals surface area contributed by atoms with E-state index in [0.29, 0.717) is 5.75 Å². The minimum atomic E-state index is -1.67. The molecular formula is C12H14FN3O5. The van der Waals surface area contributed by atoms with Crippen molar-refractivity contribution in [3.05, 3.63) is 30.1 Å². The van der Waals surface area contributed by atoms with Crippen molar-refractivity contribution in [1.29, 1.82) is 0 Å². The second-order valence-electron chi connectivity index (χ2n) is 3.88. The van der Waals surface area contributed by atoms with Crippen LogP contribution in [0.1, 0.15) is 0 Å². The number of hydrogen-bond donors (Lipinski definition) is 4. The first-order valence-corrected chi connectivity index (χ1v) is 5.85. The van der Waals surface area contributed by atoms with E-state index >= 15 is 0 Å². The highest BCUT2D eigenvalue weighted by Crippen LogP contribution is 2.10. The van der Waals surface area contributed by atoms with Crippen LogP contribution in [0.15, 0.2) is 24.3 Å². The van der Waals surface area contributed by atoms with Crippen LogP contribution < -0.4 is 21.1 Å². The number of benzene rings is 1. The highest BCUT2D eigenvalue weighted by molar-refractivity contribution is 6.05. The number of primary amides is 1. The van der Waals surface area contributed by atoms with E-state index in [4.69, 9.17) is 15.6 Å². The highest BCUT2D eigenvalue weighted by atomic mass is 19.1. The van der Waals surface area contributed by atoms with Gasteiger partial charge in [-0.3, -0.25) is 9.59 Å². The molecule has 114 valence electrons. The Kier molecular flexibility index (Phi) is 5.93. The smallest absolute Gasteiger partial charge is 0.405 e. The minimum absolute atomic E-state index is 0.0152. The summed E-state index contributed by atoms with van der Waals surface area (Å²) in [5.41, 5.74) is 4.90. The molecule has 1 rings (SSSR count). The summed E-state index contributed by atoms with van der Waals surface area (Å²) in [6.07, 6.45) is -1.54. The van der Waals surface area contributed by atoms with Crippen molar-refractivity contribution in [3.8, 4) is 5.75 Å². The van der Waals surface area contributed by atoms with Gasteiger partial charge in [-0.1, -0.05) is 0 Å². The average Bonchev–Trinajstić information content (AvgIpc) is 2.42. The molecule has 5 N–H and O–H groups in total. The zero-order valence-corrected chi connectivity index (χ0v) is 10.8. The Morgan fingerprint density at radius 2 is 1.90 bits per heavy atom. The maximum atomic E-state index is 12.6. The lowest BCUT2D eigenvalue weighted by Crippen LogP contribution is -2.54. The lowest BCUT2D eigenvalue weighted by molar-refractivity contribution is -0.130. The molecule has 0 aliphatic heterocycles. The van der Waals surface area contributed by atoms with Gasteiger partial charge in [0.2, 0.25) is 5.91 Å². The van der Waals surface area contributed by atoms with Crippen molar-refractivity contribution in [3.63, 3.8) is 0 Å². The Balaban J connectivity index is 2.36. The van der Waals surface area contributed by atoms with Crippen LogP contribution in [0.4, 0.5) is 9.18 Å². The van der Waals surface area contributed by atoms with Crippen LogP contribution in [0, 0.1) is 5.82 Å². The van der Waals surface area contributed by atoms with Crippen molar-refractivity contribution in [2.45, 2.75) is 6.04 Å². The second-order valence-corrected chi connectivity index (χ2v) is 3.88. The van der Waals surface area contributed by atoms with Crippen molar-refractivity contribution in [2.75, 3.05) is 13.2 Å². The number of carbonyl (C=O) groups excluding carboxylic acids is 2. The molecule has 9 heteroatoms. The first-order chi connectivity index (χ1) is 9.90. The molecule has 21 heavy (non-hydrogen) atoms. The molecule has 8 nitrogen and oxygen atoms in total. The third kappa shape index (κ3) is 5.76. The Morgan fingerprint density at radius 3 is 2.43 bits per heavy atom. The Bertz CT molecular complexity index is 520. The van der Waals surface area contributed by atoms with E-state index in [9.17, 15) is 18.8 Å². The monoisotopic (exact) mass is 299 g/mol. The van der Waals surface area contributed by atoms with E-state index in [1.165, 1.54) is 24.3 Å². The molecule has 0 saturated carbocycles. The quantitative estimate of drug-likeness (QED) is 0.396. The fourth-order valence-electron chi connectivity index (χ4n) is 1.37. The van der Waals surface area contributed by atoms with E-state index < -0.39 is 29.8 Å². The van der Waals surface area contributed by atoms with Gasteiger partial charge in [0.25, 0.3) is 5.91 Å². The lowest BCUT2D eigenvalue weighted by atomic mass is 10.2. The number of carboxylic acid groups (broad SMARTS) is 1. The van der Waals surface area contributed by atoms with Gasteiger partial charge in [-0.15, -0.1) is 0 Å². The van der Waals surface area contributed by atoms with Crippen LogP contribution in [-0.2, 0) is 9.59 Å². The van der Waals surface area contributed by atoms with E-state index in [-0.39, 0.29) is 13.2 Å². The fourth-order valence-corrected chi connectivity index (χ4v) is 1.37. The molecule has 0 bridgehead atoms. The van der Waals surface area contributed by atoms with Crippen molar-refractivity contribution >= 4 is 17.9 Å². The fraction of sp³-hybridized carbons (Fsp3) is 0.250. The van der Waals surface area contributed by atoms with Crippen LogP contribution >= 0.6 is 0 Å². The molecule has 0 aliphatic rings. The number of carbonyl (C=O) groups is 3. The predicted molar refractivity (Wildman–Crippen MR) is 69.0 cm³/mol. The zero-order valence-electron chi connectivity index (χ0n) is 10.8. The zero-order chi connectivity index (χ0) is 15.8. The molecule has 0 fully saturated rings. The number of nitrogens with two attached hydrogens (primary N) is 1. The van der Waals surface area contributed by atoms with Gasteiger partial charge in [-0.05, 0) is 24.3 Å². The molecule has 0 aliphatic carbocycles. The van der Waals surface area contributed by atoms with Crippen molar-refractivity contribution in [2.24, 2.45) is 5.73 Å². The number of hydrogen-bond acceptors (Lipinski definition) is 4. The SMILES string of the molecule is NC(=O)C(NC(=O)O)C(=O)NCCOc1ccc(F)cc1. The molecule has 1 unspecified atom stereocenters. The number of rotatable bonds is 7. The van der Waals surface area contributed by atoms with Crippen LogP contribution in [0.3, 0.4) is 0 Å². The number of ether oxygens (including phenoxy) is 1. The maximum Gasteiger partial charge on any atom is 0.405 e. The van der Waals surface area contributed by atoms with Crippen LogP contribution in [0.25, 0.3) is 0 Å². The van der Waals surface area contributed by atoms with Crippen molar-refractivity contribution < 1.29 is 28.6 Å². The van der Waals surface area contributed by atoms with Gasteiger partial charge in [0.15, 0.2) is 6.04 Å². The summed E-state index contributed by atoms with van der Waals surface area (Å²) >= 11 is 0. The molecule has 0 radical (unpaired) electrons. The summed E-state index contributed by atoms with van der Waals surface area (Å²) < 4.78 is 17.8. The largest absolute Gasteiger partial charge is 0.492 e. The highest BCUT2D eigenvalue weighted by Gasteiger charge is 2.25. The topological polar surface area (TPSA) is 131 Å². The van der Waals surface area contributed by atoms with Crippen LogP contribution in [-0.4, -0.2) is 42.2 Å². The molecule has 0 spiro atoms. The third-order valence-corrected chi connectivity index (χ3v) is 2.30. The van der Waals surface area contributed by atoms with Gasteiger partial charge in [-0.2, -0.15) is 0 Å². The van der Waals surface area contributed by atoms with Crippen LogP contribution in [0.2, 0.25) is 0 Å². The Morgan fingerprint density at radius 1 is 1.29 bits per heavy atom. The molecule has 3 amide bonds. The number of nitrogens with one attached hydrogen (secondary N) is 2. The summed E-state index contributed by atoms with van der Waals surface area (Å²) in [7, 11) is 0. The molecule has 0 heterocycles. The van der Waals surface area contributed by atoms with Gasteiger partial charge < -0.3 is 26.2 Å².